The van der Waals surface area contributed by atoms with Crippen molar-refractivity contribution < 1.29 is 14.6 Å². The van der Waals surface area contributed by atoms with Gasteiger partial charge in [-0.1, -0.05) is 48.5 Å². The molecule has 24 heavy (non-hydrogen) atoms. The van der Waals surface area contributed by atoms with Gasteiger partial charge in [0, 0.05) is 18.7 Å². The zero-order valence-electron chi connectivity index (χ0n) is 13.7. The number of benzene rings is 2. The summed E-state index contributed by atoms with van der Waals surface area (Å²) in [4.78, 5) is 14.6. The van der Waals surface area contributed by atoms with E-state index >= 15 is 0 Å². The van der Waals surface area contributed by atoms with Crippen molar-refractivity contribution >= 4 is 11.7 Å². The number of anilines is 1. The summed E-state index contributed by atoms with van der Waals surface area (Å²) in [6.07, 6.45) is 0.423. The minimum atomic E-state index is -0.454. The quantitative estimate of drug-likeness (QED) is 0.864. The maximum absolute atomic E-state index is 12.5. The smallest absolute Gasteiger partial charge is 0.339 e. The van der Waals surface area contributed by atoms with Gasteiger partial charge in [-0.15, -0.1) is 0 Å². The standard InChI is InChI=1S/C20H21NO3/c1-2-24-20(23)18-17(22)13-14-21(16-11-7-4-8-12-16)19(18)15-9-5-3-6-10-15/h3-12,19,22H,2,13-14H2,1H3. The molecular formula is C20H21NO3. The first kappa shape index (κ1) is 16.1. The zero-order chi connectivity index (χ0) is 16.9. The van der Waals surface area contributed by atoms with Crippen molar-refractivity contribution in [1.82, 2.24) is 0 Å². The van der Waals surface area contributed by atoms with E-state index in [0.717, 1.165) is 11.3 Å². The van der Waals surface area contributed by atoms with E-state index in [2.05, 4.69) is 4.90 Å². The Balaban J connectivity index is 2.10. The van der Waals surface area contributed by atoms with Gasteiger partial charge in [0.15, 0.2) is 0 Å². The van der Waals surface area contributed by atoms with Crippen LogP contribution in [0.1, 0.15) is 24.9 Å². The maximum atomic E-state index is 12.5. The van der Waals surface area contributed by atoms with E-state index in [-0.39, 0.29) is 18.4 Å². The average Bonchev–Trinajstić information content (AvgIpc) is 2.63. The normalized spacial score (nSPS) is 17.7. The molecule has 1 N–H and O–H groups in total. The van der Waals surface area contributed by atoms with Crippen molar-refractivity contribution in [3.05, 3.63) is 77.6 Å². The number of hydrogen-bond donors (Lipinski definition) is 1. The lowest BCUT2D eigenvalue weighted by Gasteiger charge is -2.38. The molecule has 2 aromatic rings. The summed E-state index contributed by atoms with van der Waals surface area (Å²) in [5, 5.41) is 10.4. The number of carbonyl (C=O) groups excluding carboxylic acids is 1. The monoisotopic (exact) mass is 323 g/mol. The Morgan fingerprint density at radius 3 is 2.38 bits per heavy atom. The van der Waals surface area contributed by atoms with Crippen molar-refractivity contribution in [2.24, 2.45) is 0 Å². The lowest BCUT2D eigenvalue weighted by Crippen LogP contribution is -2.38. The van der Waals surface area contributed by atoms with Gasteiger partial charge in [-0.3, -0.25) is 0 Å². The van der Waals surface area contributed by atoms with Gasteiger partial charge in [-0.05, 0) is 24.6 Å². The molecule has 0 bridgehead atoms. The molecule has 4 heteroatoms. The van der Waals surface area contributed by atoms with E-state index in [9.17, 15) is 9.90 Å². The van der Waals surface area contributed by atoms with Gasteiger partial charge in [0.1, 0.15) is 11.3 Å². The van der Waals surface area contributed by atoms with Gasteiger partial charge >= 0.3 is 5.97 Å². The fraction of sp³-hybridized carbons (Fsp3) is 0.250. The second-order valence-electron chi connectivity index (χ2n) is 5.67. The number of hydrogen-bond acceptors (Lipinski definition) is 4. The first-order valence-corrected chi connectivity index (χ1v) is 8.18. The summed E-state index contributed by atoms with van der Waals surface area (Å²) in [5.41, 5.74) is 2.30. The molecule has 1 aliphatic rings. The Hall–Kier alpha value is -2.75. The van der Waals surface area contributed by atoms with Crippen LogP contribution in [0.5, 0.6) is 0 Å². The molecule has 1 atom stereocenters. The fourth-order valence-electron chi connectivity index (χ4n) is 3.12. The van der Waals surface area contributed by atoms with Crippen molar-refractivity contribution in [3.8, 4) is 0 Å². The number of aliphatic hydroxyl groups excluding tert-OH is 1. The summed E-state index contributed by atoms with van der Waals surface area (Å²) in [7, 11) is 0. The van der Waals surface area contributed by atoms with E-state index in [1.165, 1.54) is 0 Å². The third kappa shape index (κ3) is 3.13. The minimum absolute atomic E-state index is 0.120. The van der Waals surface area contributed by atoms with Crippen molar-refractivity contribution in [1.29, 1.82) is 0 Å². The van der Waals surface area contributed by atoms with Gasteiger partial charge in [0.05, 0.1) is 12.6 Å². The molecule has 2 aromatic carbocycles. The molecule has 3 rings (SSSR count). The molecule has 0 radical (unpaired) electrons. The fourth-order valence-corrected chi connectivity index (χ4v) is 3.12. The third-order valence-corrected chi connectivity index (χ3v) is 4.18. The van der Waals surface area contributed by atoms with Gasteiger partial charge in [-0.25, -0.2) is 4.79 Å². The number of ether oxygens (including phenoxy) is 1. The second kappa shape index (κ2) is 7.21. The van der Waals surface area contributed by atoms with Crippen LogP contribution in [0.3, 0.4) is 0 Å². The molecule has 124 valence electrons. The minimum Gasteiger partial charge on any atom is -0.512 e. The lowest BCUT2D eigenvalue weighted by molar-refractivity contribution is -0.139. The van der Waals surface area contributed by atoms with Crippen molar-refractivity contribution in [2.75, 3.05) is 18.1 Å². The van der Waals surface area contributed by atoms with E-state index in [4.69, 9.17) is 4.74 Å². The predicted molar refractivity (Wildman–Crippen MR) is 93.9 cm³/mol. The number of nitrogens with zero attached hydrogens (tertiary/aromatic N) is 1. The highest BCUT2D eigenvalue weighted by Gasteiger charge is 2.36. The van der Waals surface area contributed by atoms with Gasteiger partial charge in [0.2, 0.25) is 0 Å². The van der Waals surface area contributed by atoms with Crippen LogP contribution in [-0.4, -0.2) is 24.2 Å². The van der Waals surface area contributed by atoms with E-state index < -0.39 is 5.97 Å². The summed E-state index contributed by atoms with van der Waals surface area (Å²) in [6.45, 7) is 2.69. The molecule has 1 unspecified atom stereocenters. The topological polar surface area (TPSA) is 49.8 Å². The van der Waals surface area contributed by atoms with Crippen LogP contribution in [0.4, 0.5) is 5.69 Å². The summed E-state index contributed by atoms with van der Waals surface area (Å²) >= 11 is 0. The molecule has 1 heterocycles. The molecule has 0 saturated heterocycles. The van der Waals surface area contributed by atoms with Crippen LogP contribution < -0.4 is 4.90 Å². The molecule has 0 aliphatic carbocycles. The predicted octanol–water partition coefficient (Wildman–Crippen LogP) is 4.01. The number of esters is 1. The highest BCUT2D eigenvalue weighted by atomic mass is 16.5. The molecule has 4 nitrogen and oxygen atoms in total. The Kier molecular flexibility index (Phi) is 4.85. The molecule has 0 amide bonds. The van der Waals surface area contributed by atoms with Crippen molar-refractivity contribution in [2.45, 2.75) is 19.4 Å². The SMILES string of the molecule is CCOC(=O)C1=C(O)CCN(c2ccccc2)C1c1ccccc1. The second-order valence-corrected chi connectivity index (χ2v) is 5.67. The summed E-state index contributed by atoms with van der Waals surface area (Å²) in [5.74, 6) is -0.334. The van der Waals surface area contributed by atoms with Crippen LogP contribution in [0.15, 0.2) is 72.0 Å². The van der Waals surface area contributed by atoms with Crippen molar-refractivity contribution in [3.63, 3.8) is 0 Å². The lowest BCUT2D eigenvalue weighted by atomic mass is 9.91. The maximum Gasteiger partial charge on any atom is 0.339 e. The first-order chi connectivity index (χ1) is 11.7. The molecule has 1 aliphatic heterocycles. The third-order valence-electron chi connectivity index (χ3n) is 4.18. The molecule has 0 spiro atoms. The number of aliphatic hydroxyl groups is 1. The summed E-state index contributed by atoms with van der Waals surface area (Å²) in [6, 6.07) is 19.3. The summed E-state index contributed by atoms with van der Waals surface area (Å²) < 4.78 is 5.20. The van der Waals surface area contributed by atoms with E-state index in [0.29, 0.717) is 18.5 Å². The van der Waals surface area contributed by atoms with Crippen LogP contribution >= 0.6 is 0 Å². The van der Waals surface area contributed by atoms with Gasteiger partial charge in [-0.2, -0.15) is 0 Å². The Bertz CT molecular complexity index is 725. The first-order valence-electron chi connectivity index (χ1n) is 8.18. The zero-order valence-corrected chi connectivity index (χ0v) is 13.7. The van der Waals surface area contributed by atoms with E-state index in [1.54, 1.807) is 6.92 Å². The van der Waals surface area contributed by atoms with E-state index in [1.807, 2.05) is 60.7 Å². The van der Waals surface area contributed by atoms with Crippen LogP contribution in [0, 0.1) is 0 Å². The number of para-hydroxylation sites is 1. The Morgan fingerprint density at radius 2 is 1.75 bits per heavy atom. The van der Waals surface area contributed by atoms with Gasteiger partial charge in [0.25, 0.3) is 0 Å². The molecular weight excluding hydrogens is 302 g/mol. The highest BCUT2D eigenvalue weighted by Crippen LogP contribution is 2.38. The molecule has 0 saturated carbocycles. The highest BCUT2D eigenvalue weighted by molar-refractivity contribution is 5.92. The van der Waals surface area contributed by atoms with Gasteiger partial charge < -0.3 is 14.7 Å². The Morgan fingerprint density at radius 1 is 1.12 bits per heavy atom. The van der Waals surface area contributed by atoms with Crippen LogP contribution in [-0.2, 0) is 9.53 Å². The molecule has 0 fully saturated rings. The average molecular weight is 323 g/mol. The Labute approximate surface area is 142 Å². The van der Waals surface area contributed by atoms with Crippen LogP contribution in [0.2, 0.25) is 0 Å². The number of rotatable bonds is 4. The largest absolute Gasteiger partial charge is 0.512 e. The van der Waals surface area contributed by atoms with Crippen LogP contribution in [0.25, 0.3) is 0 Å². The molecule has 0 aromatic heterocycles. The number of carbonyl (C=O) groups is 1.